The summed E-state index contributed by atoms with van der Waals surface area (Å²) in [5.74, 6) is 0.935. The number of rotatable bonds is 4. The summed E-state index contributed by atoms with van der Waals surface area (Å²) in [5.41, 5.74) is 2.91. The molecule has 1 saturated heterocycles. The predicted octanol–water partition coefficient (Wildman–Crippen LogP) is 3.72. The number of piperidine rings is 1. The first kappa shape index (κ1) is 17.5. The molecule has 2 aromatic carbocycles. The molecular weight excluding hydrogens is 336 g/mol. The average molecular weight is 360 g/mol. The number of para-hydroxylation sites is 2. The fraction of sp³-hybridized carbons (Fsp3) is 0.318. The maximum Gasteiger partial charge on any atom is 0.225 e. The van der Waals surface area contributed by atoms with Gasteiger partial charge in [-0.3, -0.25) is 9.78 Å². The topological polar surface area (TPSA) is 58.1 Å². The lowest BCUT2D eigenvalue weighted by Crippen LogP contribution is -2.44. The van der Waals surface area contributed by atoms with Crippen LogP contribution in [0.4, 0.5) is 5.82 Å². The van der Waals surface area contributed by atoms with Gasteiger partial charge in [0.15, 0.2) is 0 Å². The quantitative estimate of drug-likeness (QED) is 0.770. The Balaban J connectivity index is 1.44. The van der Waals surface area contributed by atoms with Crippen LogP contribution in [-0.4, -0.2) is 29.0 Å². The molecule has 5 heteroatoms. The monoisotopic (exact) mass is 360 g/mol. The molecule has 1 aliphatic rings. The Morgan fingerprint density at radius 3 is 2.67 bits per heavy atom. The van der Waals surface area contributed by atoms with Crippen LogP contribution < -0.4 is 10.2 Å². The number of anilines is 1. The second-order valence-electron chi connectivity index (χ2n) is 7.14. The first-order valence-corrected chi connectivity index (χ1v) is 9.53. The third kappa shape index (κ3) is 3.92. The molecule has 138 valence electrons. The van der Waals surface area contributed by atoms with Crippen LogP contribution in [0.25, 0.3) is 11.0 Å². The predicted molar refractivity (Wildman–Crippen MR) is 107 cm³/mol. The lowest BCUT2D eigenvalue weighted by atomic mass is 9.96. The van der Waals surface area contributed by atoms with E-state index in [1.807, 2.05) is 67.7 Å². The summed E-state index contributed by atoms with van der Waals surface area (Å²) in [7, 11) is 0. The number of amides is 1. The Kier molecular flexibility index (Phi) is 5.01. The van der Waals surface area contributed by atoms with Crippen molar-refractivity contribution in [1.82, 2.24) is 15.3 Å². The molecule has 0 spiro atoms. The van der Waals surface area contributed by atoms with Crippen LogP contribution in [0.5, 0.6) is 0 Å². The maximum atomic E-state index is 12.8. The Morgan fingerprint density at radius 1 is 1.11 bits per heavy atom. The van der Waals surface area contributed by atoms with Gasteiger partial charge in [0.1, 0.15) is 5.82 Å². The van der Waals surface area contributed by atoms with Crippen molar-refractivity contribution in [2.24, 2.45) is 5.92 Å². The van der Waals surface area contributed by atoms with Crippen molar-refractivity contribution < 1.29 is 4.79 Å². The molecule has 0 unspecified atom stereocenters. The molecule has 1 N–H and O–H groups in total. The molecule has 0 saturated carbocycles. The molecule has 2 heterocycles. The summed E-state index contributed by atoms with van der Waals surface area (Å²) in [5, 5.41) is 3.17. The number of benzene rings is 2. The van der Waals surface area contributed by atoms with Gasteiger partial charge in [0.2, 0.25) is 5.91 Å². The molecular formula is C22H24N4O. The van der Waals surface area contributed by atoms with Crippen molar-refractivity contribution in [3.8, 4) is 0 Å². The summed E-state index contributed by atoms with van der Waals surface area (Å²) in [6.45, 7) is 3.62. The third-order valence-electron chi connectivity index (χ3n) is 5.21. The van der Waals surface area contributed by atoms with Gasteiger partial charge in [-0.1, -0.05) is 42.5 Å². The van der Waals surface area contributed by atoms with Crippen LogP contribution in [-0.2, 0) is 4.79 Å². The number of fused-ring (bicyclic) bond motifs is 1. The van der Waals surface area contributed by atoms with Gasteiger partial charge in [-0.25, -0.2) is 4.98 Å². The zero-order chi connectivity index (χ0) is 18.6. The molecule has 1 aliphatic heterocycles. The normalized spacial score (nSPS) is 18.3. The minimum Gasteiger partial charge on any atom is -0.355 e. The van der Waals surface area contributed by atoms with Gasteiger partial charge in [-0.15, -0.1) is 0 Å². The maximum absolute atomic E-state index is 12.8. The molecule has 3 aromatic rings. The number of hydrogen-bond acceptors (Lipinski definition) is 4. The molecule has 1 fully saturated rings. The largest absolute Gasteiger partial charge is 0.355 e. The van der Waals surface area contributed by atoms with Crippen LogP contribution in [0, 0.1) is 5.92 Å². The highest BCUT2D eigenvalue weighted by atomic mass is 16.2. The number of carbonyl (C=O) groups excluding carboxylic acids is 1. The minimum absolute atomic E-state index is 0.00883. The van der Waals surface area contributed by atoms with Crippen LogP contribution in [0.15, 0.2) is 60.8 Å². The summed E-state index contributed by atoms with van der Waals surface area (Å²) in [6.07, 6.45) is 3.70. The SMILES string of the molecule is C[C@@H](NC(=O)[C@H]1CCCN(c2cnc3ccccc3n2)C1)c1ccccc1. The van der Waals surface area contributed by atoms with Gasteiger partial charge in [0.25, 0.3) is 0 Å². The highest BCUT2D eigenvalue weighted by molar-refractivity contribution is 5.80. The van der Waals surface area contributed by atoms with E-state index in [4.69, 9.17) is 4.98 Å². The molecule has 4 rings (SSSR count). The van der Waals surface area contributed by atoms with Gasteiger partial charge in [0.05, 0.1) is 29.2 Å². The molecule has 0 bridgehead atoms. The Bertz CT molecular complexity index is 928. The first-order valence-electron chi connectivity index (χ1n) is 9.53. The lowest BCUT2D eigenvalue weighted by molar-refractivity contribution is -0.125. The molecule has 5 nitrogen and oxygen atoms in total. The summed E-state index contributed by atoms with van der Waals surface area (Å²) in [4.78, 5) is 24.2. The number of nitrogens with one attached hydrogen (secondary N) is 1. The number of carbonyl (C=O) groups is 1. The van der Waals surface area contributed by atoms with E-state index >= 15 is 0 Å². The molecule has 0 aliphatic carbocycles. The van der Waals surface area contributed by atoms with Crippen molar-refractivity contribution in [3.63, 3.8) is 0 Å². The van der Waals surface area contributed by atoms with Gasteiger partial charge in [-0.05, 0) is 37.5 Å². The highest BCUT2D eigenvalue weighted by Crippen LogP contribution is 2.24. The third-order valence-corrected chi connectivity index (χ3v) is 5.21. The van der Waals surface area contributed by atoms with Crippen LogP contribution in [0.3, 0.4) is 0 Å². The summed E-state index contributed by atoms with van der Waals surface area (Å²) >= 11 is 0. The molecule has 27 heavy (non-hydrogen) atoms. The van der Waals surface area contributed by atoms with Crippen molar-refractivity contribution >= 4 is 22.8 Å². The second kappa shape index (κ2) is 7.74. The van der Waals surface area contributed by atoms with Crippen LogP contribution in [0.2, 0.25) is 0 Å². The zero-order valence-electron chi connectivity index (χ0n) is 15.5. The second-order valence-corrected chi connectivity index (χ2v) is 7.14. The molecule has 0 radical (unpaired) electrons. The zero-order valence-corrected chi connectivity index (χ0v) is 15.5. The smallest absolute Gasteiger partial charge is 0.225 e. The standard InChI is InChI=1S/C22H24N4O/c1-16(17-8-3-2-4-9-17)24-22(27)18-10-7-13-26(15-18)21-14-23-19-11-5-6-12-20(19)25-21/h2-6,8-9,11-12,14,16,18H,7,10,13,15H2,1H3,(H,24,27)/t16-,18+/m1/s1. The number of hydrogen-bond donors (Lipinski definition) is 1. The van der Waals surface area contributed by atoms with Crippen molar-refractivity contribution in [2.45, 2.75) is 25.8 Å². The Hall–Kier alpha value is -2.95. The van der Waals surface area contributed by atoms with Gasteiger partial charge in [-0.2, -0.15) is 0 Å². The number of aromatic nitrogens is 2. The highest BCUT2D eigenvalue weighted by Gasteiger charge is 2.27. The molecule has 1 aromatic heterocycles. The first-order chi connectivity index (χ1) is 13.2. The Labute approximate surface area is 159 Å². The van der Waals surface area contributed by atoms with E-state index in [9.17, 15) is 4.79 Å². The van der Waals surface area contributed by atoms with E-state index in [0.717, 1.165) is 41.8 Å². The van der Waals surface area contributed by atoms with E-state index in [1.165, 1.54) is 0 Å². The van der Waals surface area contributed by atoms with Crippen molar-refractivity contribution in [1.29, 1.82) is 0 Å². The van der Waals surface area contributed by atoms with E-state index in [-0.39, 0.29) is 17.9 Å². The van der Waals surface area contributed by atoms with Crippen molar-refractivity contribution in [3.05, 3.63) is 66.4 Å². The molecule has 2 atom stereocenters. The Morgan fingerprint density at radius 2 is 1.85 bits per heavy atom. The van der Waals surface area contributed by atoms with Gasteiger partial charge < -0.3 is 10.2 Å². The van der Waals surface area contributed by atoms with Crippen LogP contribution >= 0.6 is 0 Å². The fourth-order valence-corrected chi connectivity index (χ4v) is 3.66. The number of nitrogens with zero attached hydrogens (tertiary/aromatic N) is 3. The fourth-order valence-electron chi connectivity index (χ4n) is 3.66. The van der Waals surface area contributed by atoms with Gasteiger partial charge >= 0.3 is 0 Å². The van der Waals surface area contributed by atoms with E-state index in [0.29, 0.717) is 6.54 Å². The van der Waals surface area contributed by atoms with E-state index in [2.05, 4.69) is 15.2 Å². The molecule has 1 amide bonds. The minimum atomic E-state index is -0.0295. The van der Waals surface area contributed by atoms with Crippen molar-refractivity contribution in [2.75, 3.05) is 18.0 Å². The van der Waals surface area contributed by atoms with E-state index < -0.39 is 0 Å². The van der Waals surface area contributed by atoms with E-state index in [1.54, 1.807) is 0 Å². The average Bonchev–Trinajstić information content (AvgIpc) is 2.74. The summed E-state index contributed by atoms with van der Waals surface area (Å²) in [6, 6.07) is 18.0. The van der Waals surface area contributed by atoms with Crippen LogP contribution in [0.1, 0.15) is 31.4 Å². The lowest BCUT2D eigenvalue weighted by Gasteiger charge is -2.33. The van der Waals surface area contributed by atoms with Gasteiger partial charge in [0, 0.05) is 13.1 Å². The summed E-state index contributed by atoms with van der Waals surface area (Å²) < 4.78 is 0.